The Morgan fingerprint density at radius 3 is 2.54 bits per heavy atom. The highest BCUT2D eigenvalue weighted by Gasteiger charge is 2.50. The molecule has 0 aromatic heterocycles. The zero-order chi connectivity index (χ0) is 9.64. The number of aliphatic carboxylic acids is 1. The molecular formula is C9H14O3S. The van der Waals surface area contributed by atoms with Gasteiger partial charge < -0.3 is 10.2 Å². The van der Waals surface area contributed by atoms with Crippen LogP contribution in [0.25, 0.3) is 0 Å². The molecule has 3 nitrogen and oxygen atoms in total. The van der Waals surface area contributed by atoms with Gasteiger partial charge in [-0.25, -0.2) is 0 Å². The van der Waals surface area contributed by atoms with Gasteiger partial charge in [-0.05, 0) is 37.5 Å². The zero-order valence-corrected chi connectivity index (χ0v) is 8.20. The molecule has 4 unspecified atom stereocenters. The van der Waals surface area contributed by atoms with Crippen molar-refractivity contribution in [2.75, 3.05) is 0 Å². The maximum Gasteiger partial charge on any atom is 0.306 e. The lowest BCUT2D eigenvalue weighted by molar-refractivity contribution is -0.152. The molecule has 3 aliphatic rings. The zero-order valence-electron chi connectivity index (χ0n) is 7.31. The largest absolute Gasteiger partial charge is 0.481 e. The first-order valence-corrected chi connectivity index (χ1v) is 5.13. The topological polar surface area (TPSA) is 57.5 Å². The van der Waals surface area contributed by atoms with Gasteiger partial charge >= 0.3 is 5.97 Å². The van der Waals surface area contributed by atoms with Gasteiger partial charge in [-0.1, -0.05) is 0 Å². The van der Waals surface area contributed by atoms with E-state index in [2.05, 4.69) is 12.6 Å². The molecule has 4 heteroatoms. The molecule has 4 atom stereocenters. The molecule has 3 saturated carbocycles. The maximum absolute atomic E-state index is 10.8. The SMILES string of the molecule is O=C(O)C1CC2CCC1CC2(O)S. The van der Waals surface area contributed by atoms with E-state index in [9.17, 15) is 9.90 Å². The number of hydrogen-bond acceptors (Lipinski definition) is 3. The Hall–Kier alpha value is -0.220. The average molecular weight is 202 g/mol. The van der Waals surface area contributed by atoms with Crippen LogP contribution < -0.4 is 0 Å². The van der Waals surface area contributed by atoms with Gasteiger partial charge in [0.05, 0.1) is 5.92 Å². The van der Waals surface area contributed by atoms with Crippen LogP contribution in [-0.2, 0) is 4.79 Å². The Morgan fingerprint density at radius 2 is 2.15 bits per heavy atom. The first-order valence-electron chi connectivity index (χ1n) is 4.68. The normalized spacial score (nSPS) is 49.2. The lowest BCUT2D eigenvalue weighted by atomic mass is 9.63. The summed E-state index contributed by atoms with van der Waals surface area (Å²) in [6.07, 6.45) is 3.00. The van der Waals surface area contributed by atoms with Crippen molar-refractivity contribution in [3.63, 3.8) is 0 Å². The monoisotopic (exact) mass is 202 g/mol. The van der Waals surface area contributed by atoms with Crippen molar-refractivity contribution in [1.82, 2.24) is 0 Å². The van der Waals surface area contributed by atoms with Gasteiger partial charge in [0.1, 0.15) is 4.93 Å². The average Bonchev–Trinajstić information content (AvgIpc) is 2.02. The van der Waals surface area contributed by atoms with E-state index in [1.54, 1.807) is 0 Å². The minimum absolute atomic E-state index is 0.0712. The van der Waals surface area contributed by atoms with Crippen LogP contribution in [0, 0.1) is 17.8 Å². The summed E-state index contributed by atoms with van der Waals surface area (Å²) in [7, 11) is 0. The van der Waals surface area contributed by atoms with Crippen LogP contribution in [0.4, 0.5) is 0 Å². The standard InChI is InChI=1S/C9H14O3S/c10-8(11)7-3-6-2-1-5(7)4-9(6,12)13/h5-7,12-13H,1-4H2,(H,10,11). The van der Waals surface area contributed by atoms with Crippen molar-refractivity contribution < 1.29 is 15.0 Å². The van der Waals surface area contributed by atoms with Crippen molar-refractivity contribution in [1.29, 1.82) is 0 Å². The van der Waals surface area contributed by atoms with E-state index in [0.29, 0.717) is 12.8 Å². The Labute approximate surface area is 82.6 Å². The third-order valence-corrected chi connectivity index (χ3v) is 4.07. The fraction of sp³-hybridized carbons (Fsp3) is 0.889. The van der Waals surface area contributed by atoms with Crippen LogP contribution in [0.1, 0.15) is 25.7 Å². The molecule has 0 amide bonds. The number of aliphatic hydroxyl groups is 1. The first kappa shape index (κ1) is 9.34. The van der Waals surface area contributed by atoms with Crippen LogP contribution >= 0.6 is 12.6 Å². The fourth-order valence-corrected chi connectivity index (χ4v) is 3.22. The molecule has 74 valence electrons. The molecule has 0 heterocycles. The molecule has 0 spiro atoms. The molecule has 3 fully saturated rings. The highest BCUT2D eigenvalue weighted by atomic mass is 32.1. The quantitative estimate of drug-likeness (QED) is 0.441. The summed E-state index contributed by atoms with van der Waals surface area (Å²) in [5, 5.41) is 18.8. The number of fused-ring (bicyclic) bond motifs is 3. The molecule has 3 aliphatic carbocycles. The first-order chi connectivity index (χ1) is 6.00. The highest BCUT2D eigenvalue weighted by molar-refractivity contribution is 7.81. The lowest BCUT2D eigenvalue weighted by Crippen LogP contribution is -2.49. The summed E-state index contributed by atoms with van der Waals surface area (Å²) in [5.74, 6) is -0.753. The number of carbonyl (C=O) groups is 1. The van der Waals surface area contributed by atoms with E-state index in [4.69, 9.17) is 5.11 Å². The van der Waals surface area contributed by atoms with Gasteiger partial charge in [0.2, 0.25) is 0 Å². The molecule has 0 aromatic rings. The van der Waals surface area contributed by atoms with Gasteiger partial charge in [0.15, 0.2) is 0 Å². The fourth-order valence-electron chi connectivity index (χ4n) is 2.75. The summed E-state index contributed by atoms with van der Waals surface area (Å²) in [6, 6.07) is 0. The van der Waals surface area contributed by atoms with Crippen molar-refractivity contribution in [3.8, 4) is 0 Å². The molecule has 2 N–H and O–H groups in total. The third kappa shape index (κ3) is 1.46. The Balaban J connectivity index is 2.16. The summed E-state index contributed by atoms with van der Waals surface area (Å²) < 4.78 is 0. The van der Waals surface area contributed by atoms with E-state index in [0.717, 1.165) is 12.8 Å². The molecule has 0 aliphatic heterocycles. The van der Waals surface area contributed by atoms with E-state index >= 15 is 0 Å². The number of thiol groups is 1. The van der Waals surface area contributed by atoms with Crippen molar-refractivity contribution >= 4 is 18.6 Å². The minimum atomic E-state index is -0.908. The number of rotatable bonds is 1. The van der Waals surface area contributed by atoms with Gasteiger partial charge in [-0.2, -0.15) is 0 Å². The Morgan fingerprint density at radius 1 is 1.46 bits per heavy atom. The van der Waals surface area contributed by atoms with Crippen LogP contribution in [0.5, 0.6) is 0 Å². The second kappa shape index (κ2) is 2.89. The number of carboxylic acids is 1. The van der Waals surface area contributed by atoms with Crippen molar-refractivity contribution in [2.24, 2.45) is 17.8 Å². The van der Waals surface area contributed by atoms with Gasteiger partial charge in [0, 0.05) is 0 Å². The molecule has 0 aromatic carbocycles. The summed E-state index contributed by atoms with van der Waals surface area (Å²) in [6.45, 7) is 0. The maximum atomic E-state index is 10.8. The van der Waals surface area contributed by atoms with E-state index in [1.807, 2.05) is 0 Å². The Kier molecular flexibility index (Phi) is 2.07. The lowest BCUT2D eigenvalue weighted by Gasteiger charge is -2.48. The van der Waals surface area contributed by atoms with Crippen LogP contribution in [0.15, 0.2) is 0 Å². The Bertz CT molecular complexity index is 239. The smallest absolute Gasteiger partial charge is 0.306 e. The summed E-state index contributed by atoms with van der Waals surface area (Å²) in [5.41, 5.74) is 0. The second-order valence-corrected chi connectivity index (χ2v) is 5.07. The summed E-state index contributed by atoms with van der Waals surface area (Å²) in [4.78, 5) is 9.94. The molecule has 2 bridgehead atoms. The number of carboxylic acid groups (broad SMARTS) is 1. The van der Waals surface area contributed by atoms with Gasteiger partial charge in [-0.3, -0.25) is 4.79 Å². The van der Waals surface area contributed by atoms with Gasteiger partial charge in [-0.15, -0.1) is 12.6 Å². The van der Waals surface area contributed by atoms with Crippen molar-refractivity contribution in [2.45, 2.75) is 30.6 Å². The highest BCUT2D eigenvalue weighted by Crippen LogP contribution is 2.51. The van der Waals surface area contributed by atoms with Crippen LogP contribution in [0.2, 0.25) is 0 Å². The molecule has 3 rings (SSSR count). The van der Waals surface area contributed by atoms with Crippen LogP contribution in [0.3, 0.4) is 0 Å². The molecular weight excluding hydrogens is 188 g/mol. The molecule has 0 radical (unpaired) electrons. The predicted molar refractivity (Wildman–Crippen MR) is 50.5 cm³/mol. The molecule has 13 heavy (non-hydrogen) atoms. The van der Waals surface area contributed by atoms with E-state index in [1.165, 1.54) is 0 Å². The van der Waals surface area contributed by atoms with Gasteiger partial charge in [0.25, 0.3) is 0 Å². The third-order valence-electron chi connectivity index (χ3n) is 3.53. The van der Waals surface area contributed by atoms with E-state index < -0.39 is 10.9 Å². The van der Waals surface area contributed by atoms with Crippen molar-refractivity contribution in [3.05, 3.63) is 0 Å². The molecule has 0 saturated heterocycles. The number of hydrogen-bond donors (Lipinski definition) is 3. The second-order valence-electron chi connectivity index (χ2n) is 4.30. The van der Waals surface area contributed by atoms with Crippen LogP contribution in [-0.4, -0.2) is 21.1 Å². The predicted octanol–water partition coefficient (Wildman–Crippen LogP) is 1.13. The summed E-state index contributed by atoms with van der Waals surface area (Å²) >= 11 is 4.20. The minimum Gasteiger partial charge on any atom is -0.481 e. The van der Waals surface area contributed by atoms with E-state index in [-0.39, 0.29) is 17.8 Å².